The van der Waals surface area contributed by atoms with Crippen molar-refractivity contribution in [2.45, 2.75) is 26.0 Å². The topological polar surface area (TPSA) is 62.1 Å². The van der Waals surface area contributed by atoms with Gasteiger partial charge >= 0.3 is 5.97 Å². The minimum Gasteiger partial charge on any atom is -0.457 e. The number of nitrogens with one attached hydrogen (secondary N) is 1. The smallest absolute Gasteiger partial charge is 0.341 e. The summed E-state index contributed by atoms with van der Waals surface area (Å²) < 4.78 is 18.4. The number of nitrogens with zero attached hydrogens (tertiary/aromatic N) is 1. The van der Waals surface area contributed by atoms with Crippen LogP contribution in [0.4, 0.5) is 10.1 Å². The summed E-state index contributed by atoms with van der Waals surface area (Å²) in [6.45, 7) is 3.44. The van der Waals surface area contributed by atoms with E-state index in [0.717, 1.165) is 0 Å². The number of carbonyl (C=O) groups is 1. The van der Waals surface area contributed by atoms with E-state index in [4.69, 9.17) is 10.00 Å². The van der Waals surface area contributed by atoms with Crippen LogP contribution in [0, 0.1) is 17.1 Å². The Morgan fingerprint density at radius 1 is 1.53 bits per heavy atom. The van der Waals surface area contributed by atoms with Gasteiger partial charge in [0, 0.05) is 11.3 Å². The summed E-state index contributed by atoms with van der Waals surface area (Å²) in [4.78, 5) is 11.2. The second-order valence-electron chi connectivity index (χ2n) is 4.43. The van der Waals surface area contributed by atoms with Gasteiger partial charge in [0.15, 0.2) is 0 Å². The summed E-state index contributed by atoms with van der Waals surface area (Å²) in [5, 5.41) is 11.8. The van der Waals surface area contributed by atoms with Gasteiger partial charge in [-0.2, -0.15) is 5.26 Å². The van der Waals surface area contributed by atoms with Gasteiger partial charge in [-0.05, 0) is 26.0 Å². The standard InChI is InChI=1S/C12H11FN2O2/c1-12(2,6-14)15-8-3-7-5-17-11(16)10(7)9(13)4-8/h3-4,15H,5H2,1-2H3. The van der Waals surface area contributed by atoms with Crippen LogP contribution < -0.4 is 5.32 Å². The highest BCUT2D eigenvalue weighted by molar-refractivity contribution is 5.94. The number of fused-ring (bicyclic) bond motifs is 1. The van der Waals surface area contributed by atoms with Crippen LogP contribution in [0.1, 0.15) is 29.8 Å². The first kappa shape index (κ1) is 11.4. The lowest BCUT2D eigenvalue weighted by molar-refractivity contribution is 0.0532. The van der Waals surface area contributed by atoms with E-state index in [1.165, 1.54) is 6.07 Å². The minimum absolute atomic E-state index is 0.00897. The number of halogens is 1. The molecule has 17 heavy (non-hydrogen) atoms. The van der Waals surface area contributed by atoms with E-state index < -0.39 is 17.3 Å². The zero-order valence-corrected chi connectivity index (χ0v) is 9.50. The summed E-state index contributed by atoms with van der Waals surface area (Å²) in [6, 6.07) is 4.88. The first-order valence-electron chi connectivity index (χ1n) is 5.12. The molecule has 0 amide bonds. The third-order valence-corrected chi connectivity index (χ3v) is 2.47. The van der Waals surface area contributed by atoms with Crippen LogP contribution in [0.15, 0.2) is 12.1 Å². The van der Waals surface area contributed by atoms with Crippen LogP contribution in [0.5, 0.6) is 0 Å². The SMILES string of the molecule is CC(C)(C#N)Nc1cc(F)c2c(c1)COC2=O. The van der Waals surface area contributed by atoms with Crippen molar-refractivity contribution in [2.75, 3.05) is 5.32 Å². The normalized spacial score (nSPS) is 13.9. The van der Waals surface area contributed by atoms with Crippen molar-refractivity contribution >= 4 is 11.7 Å². The van der Waals surface area contributed by atoms with Gasteiger partial charge < -0.3 is 10.1 Å². The summed E-state index contributed by atoms with van der Waals surface area (Å²) >= 11 is 0. The van der Waals surface area contributed by atoms with Gasteiger partial charge in [-0.15, -0.1) is 0 Å². The summed E-state index contributed by atoms with van der Waals surface area (Å²) in [5.41, 5.74) is 0.159. The Labute approximate surface area is 98.0 Å². The maximum atomic E-state index is 13.7. The van der Waals surface area contributed by atoms with E-state index in [9.17, 15) is 9.18 Å². The molecule has 0 radical (unpaired) electrons. The fourth-order valence-electron chi connectivity index (χ4n) is 1.68. The molecule has 0 spiro atoms. The molecular formula is C12H11FN2O2. The molecule has 88 valence electrons. The molecule has 1 aliphatic rings. The molecule has 0 fully saturated rings. The average molecular weight is 234 g/mol. The first-order valence-corrected chi connectivity index (χ1v) is 5.12. The number of esters is 1. The van der Waals surface area contributed by atoms with Crippen molar-refractivity contribution in [3.8, 4) is 6.07 Å². The van der Waals surface area contributed by atoms with Gasteiger partial charge in [0.1, 0.15) is 23.5 Å². The van der Waals surface area contributed by atoms with E-state index >= 15 is 0 Å². The van der Waals surface area contributed by atoms with Gasteiger partial charge in [-0.3, -0.25) is 0 Å². The van der Waals surface area contributed by atoms with Crippen molar-refractivity contribution < 1.29 is 13.9 Å². The van der Waals surface area contributed by atoms with Crippen LogP contribution in [0.2, 0.25) is 0 Å². The molecule has 1 heterocycles. The quantitative estimate of drug-likeness (QED) is 0.797. The molecule has 0 saturated heterocycles. The fraction of sp³-hybridized carbons (Fsp3) is 0.333. The molecule has 0 aliphatic carbocycles. The average Bonchev–Trinajstić information content (AvgIpc) is 2.60. The second kappa shape index (κ2) is 3.74. The van der Waals surface area contributed by atoms with Crippen molar-refractivity contribution in [2.24, 2.45) is 0 Å². The monoisotopic (exact) mass is 234 g/mol. The number of nitriles is 1. The molecule has 0 atom stereocenters. The lowest BCUT2D eigenvalue weighted by Gasteiger charge is -2.19. The molecule has 1 N–H and O–H groups in total. The predicted octanol–water partition coefficient (Wildman–Crippen LogP) is 2.21. The van der Waals surface area contributed by atoms with E-state index in [2.05, 4.69) is 11.4 Å². The Hall–Kier alpha value is -2.09. The molecule has 2 rings (SSSR count). The summed E-state index contributed by atoms with van der Waals surface area (Å²) in [5.74, 6) is -1.26. The lowest BCUT2D eigenvalue weighted by atomic mass is 10.0. The van der Waals surface area contributed by atoms with Crippen molar-refractivity contribution in [1.29, 1.82) is 5.26 Å². The maximum absolute atomic E-state index is 13.7. The number of hydrogen-bond acceptors (Lipinski definition) is 4. The van der Waals surface area contributed by atoms with E-state index in [0.29, 0.717) is 11.3 Å². The Kier molecular flexibility index (Phi) is 2.50. The van der Waals surface area contributed by atoms with Gasteiger partial charge in [0.05, 0.1) is 6.07 Å². The zero-order chi connectivity index (χ0) is 12.6. The Morgan fingerprint density at radius 2 is 2.24 bits per heavy atom. The molecule has 0 aromatic heterocycles. The number of rotatable bonds is 2. The fourth-order valence-corrected chi connectivity index (χ4v) is 1.68. The molecule has 0 saturated carbocycles. The number of cyclic esters (lactones) is 1. The molecule has 4 nitrogen and oxygen atoms in total. The van der Waals surface area contributed by atoms with Gasteiger partial charge in [-0.1, -0.05) is 0 Å². The van der Waals surface area contributed by atoms with Crippen molar-refractivity contribution in [3.05, 3.63) is 29.1 Å². The van der Waals surface area contributed by atoms with Crippen LogP contribution in [0.3, 0.4) is 0 Å². The Morgan fingerprint density at radius 3 is 2.88 bits per heavy atom. The van der Waals surface area contributed by atoms with Gasteiger partial charge in [-0.25, -0.2) is 9.18 Å². The highest BCUT2D eigenvalue weighted by Crippen LogP contribution is 2.27. The number of benzene rings is 1. The zero-order valence-electron chi connectivity index (χ0n) is 9.50. The second-order valence-corrected chi connectivity index (χ2v) is 4.43. The molecule has 1 aliphatic heterocycles. The Bertz CT molecular complexity index is 532. The summed E-state index contributed by atoms with van der Waals surface area (Å²) in [7, 11) is 0. The highest BCUT2D eigenvalue weighted by Gasteiger charge is 2.27. The van der Waals surface area contributed by atoms with Crippen molar-refractivity contribution in [3.63, 3.8) is 0 Å². The summed E-state index contributed by atoms with van der Waals surface area (Å²) in [6.07, 6.45) is 0. The largest absolute Gasteiger partial charge is 0.457 e. The minimum atomic E-state index is -0.801. The molecule has 5 heteroatoms. The molecule has 1 aromatic carbocycles. The molecular weight excluding hydrogens is 223 g/mol. The van der Waals surface area contributed by atoms with Crippen molar-refractivity contribution in [1.82, 2.24) is 0 Å². The highest BCUT2D eigenvalue weighted by atomic mass is 19.1. The maximum Gasteiger partial charge on any atom is 0.341 e. The molecule has 0 unspecified atom stereocenters. The van der Waals surface area contributed by atoms with Crippen LogP contribution in [-0.2, 0) is 11.3 Å². The van der Waals surface area contributed by atoms with Crippen LogP contribution >= 0.6 is 0 Å². The van der Waals surface area contributed by atoms with Crippen LogP contribution in [0.25, 0.3) is 0 Å². The predicted molar refractivity (Wildman–Crippen MR) is 58.8 cm³/mol. The van der Waals surface area contributed by atoms with Gasteiger partial charge in [0.2, 0.25) is 0 Å². The number of ether oxygens (including phenoxy) is 1. The molecule has 1 aromatic rings. The lowest BCUT2D eigenvalue weighted by Crippen LogP contribution is -2.28. The van der Waals surface area contributed by atoms with Crippen LogP contribution in [-0.4, -0.2) is 11.5 Å². The van der Waals surface area contributed by atoms with E-state index in [1.54, 1.807) is 19.9 Å². The number of anilines is 1. The van der Waals surface area contributed by atoms with E-state index in [1.807, 2.05) is 0 Å². The van der Waals surface area contributed by atoms with Gasteiger partial charge in [0.25, 0.3) is 0 Å². The first-order chi connectivity index (χ1) is 7.93. The molecule has 0 bridgehead atoms. The number of carbonyl (C=O) groups excluding carboxylic acids is 1. The van der Waals surface area contributed by atoms with E-state index in [-0.39, 0.29) is 12.2 Å². The number of hydrogen-bond donors (Lipinski definition) is 1. The Balaban J connectivity index is 2.38. The third kappa shape index (κ3) is 2.07. The third-order valence-electron chi connectivity index (χ3n) is 2.47.